The van der Waals surface area contributed by atoms with Gasteiger partial charge in [-0.05, 0) is 17.7 Å². The first-order valence-corrected chi connectivity index (χ1v) is 9.03. The summed E-state index contributed by atoms with van der Waals surface area (Å²) in [7, 11) is -1.99. The molecule has 0 radical (unpaired) electrons. The number of rotatable bonds is 6. The predicted molar refractivity (Wildman–Crippen MR) is 85.0 cm³/mol. The normalized spacial score (nSPS) is 19.7. The highest BCUT2D eigenvalue weighted by molar-refractivity contribution is 7.94. The second-order valence-corrected chi connectivity index (χ2v) is 7.51. The van der Waals surface area contributed by atoms with Gasteiger partial charge < -0.3 is 10.1 Å². The zero-order valence-electron chi connectivity index (χ0n) is 13.1. The number of amides is 1. The van der Waals surface area contributed by atoms with Gasteiger partial charge in [-0.3, -0.25) is 9.59 Å². The van der Waals surface area contributed by atoms with Crippen molar-refractivity contribution in [1.82, 2.24) is 5.32 Å². The molecule has 1 aliphatic rings. The van der Waals surface area contributed by atoms with Crippen molar-refractivity contribution in [2.24, 2.45) is 5.92 Å². The molecule has 1 amide bonds. The summed E-state index contributed by atoms with van der Waals surface area (Å²) in [6, 6.07) is 4.75. The third kappa shape index (κ3) is 5.16. The highest BCUT2D eigenvalue weighted by Gasteiger charge is 2.25. The lowest BCUT2D eigenvalue weighted by atomic mass is 10.0. The van der Waals surface area contributed by atoms with Gasteiger partial charge in [0.2, 0.25) is 5.91 Å². The van der Waals surface area contributed by atoms with E-state index in [-0.39, 0.29) is 30.4 Å². The van der Waals surface area contributed by atoms with Crippen LogP contribution < -0.4 is 5.32 Å². The second-order valence-electron chi connectivity index (χ2n) is 5.57. The number of ether oxygens (including phenoxy) is 1. The molecule has 1 aromatic carbocycles. The number of sulfone groups is 1. The molecule has 0 saturated heterocycles. The van der Waals surface area contributed by atoms with Crippen LogP contribution in [0.4, 0.5) is 4.39 Å². The minimum absolute atomic E-state index is 0.00536. The molecule has 0 bridgehead atoms. The number of benzene rings is 1. The first kappa shape index (κ1) is 18.1. The number of halogens is 1. The summed E-state index contributed by atoms with van der Waals surface area (Å²) in [6.07, 6.45) is 1.38. The Kier molecular flexibility index (Phi) is 5.71. The van der Waals surface area contributed by atoms with Crippen LogP contribution in [0.2, 0.25) is 0 Å². The van der Waals surface area contributed by atoms with Gasteiger partial charge in [0.05, 0.1) is 25.3 Å². The summed E-state index contributed by atoms with van der Waals surface area (Å²) in [5.74, 6) is -1.82. The first-order chi connectivity index (χ1) is 11.3. The van der Waals surface area contributed by atoms with E-state index in [0.717, 1.165) is 5.41 Å². The Morgan fingerprint density at radius 3 is 2.54 bits per heavy atom. The molecule has 1 aliphatic heterocycles. The molecular weight excluding hydrogens is 337 g/mol. The monoisotopic (exact) mass is 355 g/mol. The Balaban J connectivity index is 2.04. The lowest BCUT2D eigenvalue weighted by Crippen LogP contribution is -2.32. The van der Waals surface area contributed by atoms with E-state index in [9.17, 15) is 22.4 Å². The van der Waals surface area contributed by atoms with Crippen molar-refractivity contribution < 1.29 is 27.1 Å². The standard InChI is InChI=1S/C16H18FNO5S/c1-23-16(20)9-14(12-2-4-13(17)5-3-12)18-15(19)8-11-6-7-24(21,22)10-11/h2-7,11,14H,8-10H2,1H3,(H,18,19). The molecule has 0 aliphatic carbocycles. The van der Waals surface area contributed by atoms with Crippen LogP contribution in [0.15, 0.2) is 35.7 Å². The number of hydrogen-bond donors (Lipinski definition) is 1. The van der Waals surface area contributed by atoms with E-state index in [4.69, 9.17) is 0 Å². The first-order valence-electron chi connectivity index (χ1n) is 7.31. The van der Waals surface area contributed by atoms with Gasteiger partial charge in [0.1, 0.15) is 5.82 Å². The van der Waals surface area contributed by atoms with Gasteiger partial charge in [0.15, 0.2) is 9.84 Å². The minimum Gasteiger partial charge on any atom is -0.469 e. The largest absolute Gasteiger partial charge is 0.469 e. The maximum absolute atomic E-state index is 13.0. The Bertz CT molecular complexity index is 742. The molecule has 6 nitrogen and oxygen atoms in total. The van der Waals surface area contributed by atoms with E-state index >= 15 is 0 Å². The summed E-state index contributed by atoms with van der Waals surface area (Å²) in [5.41, 5.74) is 0.560. The van der Waals surface area contributed by atoms with Crippen LogP contribution in [0.5, 0.6) is 0 Å². The average Bonchev–Trinajstić information content (AvgIpc) is 2.85. The van der Waals surface area contributed by atoms with Gasteiger partial charge in [-0.2, -0.15) is 0 Å². The summed E-state index contributed by atoms with van der Waals surface area (Å²) < 4.78 is 40.4. The minimum atomic E-state index is -3.23. The average molecular weight is 355 g/mol. The van der Waals surface area contributed by atoms with Crippen molar-refractivity contribution in [2.75, 3.05) is 12.9 Å². The molecule has 24 heavy (non-hydrogen) atoms. The van der Waals surface area contributed by atoms with Crippen molar-refractivity contribution in [1.29, 1.82) is 0 Å². The van der Waals surface area contributed by atoms with Gasteiger partial charge in [0, 0.05) is 17.7 Å². The summed E-state index contributed by atoms with van der Waals surface area (Å²) in [5, 5.41) is 3.79. The summed E-state index contributed by atoms with van der Waals surface area (Å²) in [4.78, 5) is 23.7. The van der Waals surface area contributed by atoms with Crippen LogP contribution in [0.3, 0.4) is 0 Å². The van der Waals surface area contributed by atoms with E-state index in [1.165, 1.54) is 37.5 Å². The van der Waals surface area contributed by atoms with Gasteiger partial charge in [0.25, 0.3) is 0 Å². The van der Waals surface area contributed by atoms with Crippen molar-refractivity contribution in [3.63, 3.8) is 0 Å². The summed E-state index contributed by atoms with van der Waals surface area (Å²) >= 11 is 0. The lowest BCUT2D eigenvalue weighted by Gasteiger charge is -2.19. The van der Waals surface area contributed by atoms with E-state index in [2.05, 4.69) is 10.1 Å². The molecule has 0 aromatic heterocycles. The molecule has 1 aromatic rings. The van der Waals surface area contributed by atoms with E-state index in [1.807, 2.05) is 0 Å². The molecule has 0 saturated carbocycles. The van der Waals surface area contributed by atoms with Crippen LogP contribution in [0, 0.1) is 11.7 Å². The topological polar surface area (TPSA) is 89.5 Å². The predicted octanol–water partition coefficient (Wildman–Crippen LogP) is 1.49. The SMILES string of the molecule is COC(=O)CC(NC(=O)CC1C=CS(=O)(=O)C1)c1ccc(F)cc1. The fourth-order valence-corrected chi connectivity index (χ4v) is 3.85. The smallest absolute Gasteiger partial charge is 0.307 e. The van der Waals surface area contributed by atoms with E-state index in [1.54, 1.807) is 0 Å². The number of esters is 1. The molecule has 2 unspecified atom stereocenters. The third-order valence-electron chi connectivity index (χ3n) is 3.66. The Morgan fingerprint density at radius 2 is 2.00 bits per heavy atom. The Labute approximate surface area is 139 Å². The summed E-state index contributed by atoms with van der Waals surface area (Å²) in [6.45, 7) is 0. The number of methoxy groups -OCH3 is 1. The van der Waals surface area contributed by atoms with Crippen LogP contribution in [0.1, 0.15) is 24.4 Å². The van der Waals surface area contributed by atoms with Crippen LogP contribution in [-0.2, 0) is 24.2 Å². The van der Waals surface area contributed by atoms with Crippen LogP contribution in [-0.4, -0.2) is 33.2 Å². The fourth-order valence-electron chi connectivity index (χ4n) is 2.46. The van der Waals surface area contributed by atoms with Gasteiger partial charge in [-0.15, -0.1) is 0 Å². The Hall–Kier alpha value is -2.22. The number of carbonyl (C=O) groups is 2. The highest BCUT2D eigenvalue weighted by Crippen LogP contribution is 2.21. The van der Waals surface area contributed by atoms with Gasteiger partial charge in [-0.1, -0.05) is 18.2 Å². The van der Waals surface area contributed by atoms with Gasteiger partial charge >= 0.3 is 5.97 Å². The number of carbonyl (C=O) groups excluding carboxylic acids is 2. The number of hydrogen-bond acceptors (Lipinski definition) is 5. The van der Waals surface area contributed by atoms with Crippen molar-refractivity contribution in [2.45, 2.75) is 18.9 Å². The molecule has 8 heteroatoms. The lowest BCUT2D eigenvalue weighted by molar-refractivity contribution is -0.141. The van der Waals surface area contributed by atoms with E-state index < -0.39 is 27.7 Å². The molecule has 1 heterocycles. The number of allylic oxidation sites excluding steroid dienone is 1. The third-order valence-corrected chi connectivity index (χ3v) is 5.12. The maximum Gasteiger partial charge on any atom is 0.307 e. The van der Waals surface area contributed by atoms with Crippen LogP contribution >= 0.6 is 0 Å². The molecule has 1 N–H and O–H groups in total. The second kappa shape index (κ2) is 7.57. The molecular formula is C16H18FNO5S. The van der Waals surface area contributed by atoms with Crippen molar-refractivity contribution in [3.8, 4) is 0 Å². The fraction of sp³-hybridized carbons (Fsp3) is 0.375. The maximum atomic E-state index is 13.0. The Morgan fingerprint density at radius 1 is 1.33 bits per heavy atom. The zero-order valence-corrected chi connectivity index (χ0v) is 13.9. The van der Waals surface area contributed by atoms with Crippen LogP contribution in [0.25, 0.3) is 0 Å². The van der Waals surface area contributed by atoms with Crippen molar-refractivity contribution in [3.05, 3.63) is 47.1 Å². The molecule has 0 fully saturated rings. The highest BCUT2D eigenvalue weighted by atomic mass is 32.2. The quantitative estimate of drug-likeness (QED) is 0.781. The molecule has 2 rings (SSSR count). The molecule has 2 atom stereocenters. The van der Waals surface area contributed by atoms with Gasteiger partial charge in [-0.25, -0.2) is 12.8 Å². The molecule has 0 spiro atoms. The number of nitrogens with one attached hydrogen (secondary N) is 1. The zero-order chi connectivity index (χ0) is 17.7. The van der Waals surface area contributed by atoms with E-state index in [0.29, 0.717) is 5.56 Å². The molecule has 130 valence electrons. The van der Waals surface area contributed by atoms with Crippen molar-refractivity contribution >= 4 is 21.7 Å².